The zero-order valence-corrected chi connectivity index (χ0v) is 24.2. The number of anilines is 1. The molecule has 0 unspecified atom stereocenters. The third-order valence-corrected chi connectivity index (χ3v) is 11.0. The molecule has 39 heavy (non-hydrogen) atoms. The Bertz CT molecular complexity index is 1790. The normalized spacial score (nSPS) is 14.9. The van der Waals surface area contributed by atoms with Crippen molar-refractivity contribution in [2.24, 2.45) is 0 Å². The summed E-state index contributed by atoms with van der Waals surface area (Å²) in [7, 11) is -6.60. The number of methoxy groups -OCH3 is 1. The zero-order valence-electron chi connectivity index (χ0n) is 21.0. The lowest BCUT2D eigenvalue weighted by molar-refractivity contribution is 0.343. The summed E-state index contributed by atoms with van der Waals surface area (Å²) < 4.78 is 64.4. The number of ether oxygens (including phenoxy) is 1. The van der Waals surface area contributed by atoms with E-state index in [1.165, 1.54) is 41.7 Å². The van der Waals surface area contributed by atoms with Crippen molar-refractivity contribution < 1.29 is 21.6 Å². The van der Waals surface area contributed by atoms with Crippen molar-refractivity contribution >= 4 is 58.9 Å². The molecule has 1 fully saturated rings. The predicted octanol–water partition coefficient (Wildman–Crippen LogP) is 4.75. The highest BCUT2D eigenvalue weighted by Gasteiger charge is 2.30. The first-order valence-corrected chi connectivity index (χ1v) is 16.3. The molecule has 206 valence electrons. The largest absolute Gasteiger partial charge is 0.495 e. The smallest absolute Gasteiger partial charge is 0.308 e. The molecule has 0 saturated carbocycles. The molecule has 0 radical (unpaired) electrons. The van der Waals surface area contributed by atoms with Crippen LogP contribution in [0.25, 0.3) is 10.2 Å². The molecule has 3 aromatic carbocycles. The summed E-state index contributed by atoms with van der Waals surface area (Å²) >= 11 is 6.90. The number of piperidine rings is 1. The summed E-state index contributed by atoms with van der Waals surface area (Å²) in [5, 5.41) is 0.594. The van der Waals surface area contributed by atoms with E-state index in [2.05, 4.69) is 4.72 Å². The second-order valence-electron chi connectivity index (χ2n) is 9.15. The Labute approximate surface area is 235 Å². The van der Waals surface area contributed by atoms with E-state index in [0.29, 0.717) is 34.9 Å². The molecule has 13 heteroatoms. The number of nitrogens with zero attached hydrogens (tertiary/aromatic N) is 2. The SMILES string of the molecule is COc1ccc(NS(=O)(=O)c2ccc3c(c2)sc(=O)n3Cc2ccc(Cl)cc2)cc1S(=O)(=O)N1CCCCC1. The van der Waals surface area contributed by atoms with E-state index in [9.17, 15) is 21.6 Å². The van der Waals surface area contributed by atoms with Crippen LogP contribution in [-0.2, 0) is 26.6 Å². The van der Waals surface area contributed by atoms with Crippen molar-refractivity contribution in [1.82, 2.24) is 8.87 Å². The Morgan fingerprint density at radius 3 is 2.36 bits per heavy atom. The monoisotopic (exact) mass is 607 g/mol. The van der Waals surface area contributed by atoms with Gasteiger partial charge in [-0.1, -0.05) is 41.5 Å². The van der Waals surface area contributed by atoms with Gasteiger partial charge in [-0.05, 0) is 66.9 Å². The summed E-state index contributed by atoms with van der Waals surface area (Å²) in [6, 6.07) is 15.8. The molecule has 0 spiro atoms. The lowest BCUT2D eigenvalue weighted by Gasteiger charge is -2.26. The maximum Gasteiger partial charge on any atom is 0.308 e. The van der Waals surface area contributed by atoms with Crippen molar-refractivity contribution in [3.63, 3.8) is 0 Å². The van der Waals surface area contributed by atoms with Gasteiger partial charge in [-0.3, -0.25) is 14.1 Å². The summed E-state index contributed by atoms with van der Waals surface area (Å²) in [5.41, 5.74) is 1.58. The number of benzene rings is 3. The number of rotatable bonds is 8. The van der Waals surface area contributed by atoms with Gasteiger partial charge in [0.15, 0.2) is 0 Å². The van der Waals surface area contributed by atoms with Crippen LogP contribution in [0.4, 0.5) is 5.69 Å². The van der Waals surface area contributed by atoms with Crippen molar-refractivity contribution in [2.45, 2.75) is 35.6 Å². The quantitative estimate of drug-likeness (QED) is 0.309. The topological polar surface area (TPSA) is 115 Å². The van der Waals surface area contributed by atoms with E-state index >= 15 is 0 Å². The molecule has 5 rings (SSSR count). The second kappa shape index (κ2) is 10.9. The number of hydrogen-bond donors (Lipinski definition) is 1. The van der Waals surface area contributed by atoms with Gasteiger partial charge in [0.05, 0.1) is 34.5 Å². The van der Waals surface area contributed by atoms with Gasteiger partial charge in [-0.25, -0.2) is 16.8 Å². The Kier molecular flexibility index (Phi) is 7.75. The molecule has 1 aromatic heterocycles. The molecule has 9 nitrogen and oxygen atoms in total. The van der Waals surface area contributed by atoms with E-state index in [4.69, 9.17) is 16.3 Å². The number of sulfonamides is 2. The van der Waals surface area contributed by atoms with Crippen LogP contribution in [0, 0.1) is 0 Å². The van der Waals surface area contributed by atoms with E-state index in [0.717, 1.165) is 36.2 Å². The lowest BCUT2D eigenvalue weighted by atomic mass is 10.2. The van der Waals surface area contributed by atoms with Gasteiger partial charge in [0.25, 0.3) is 10.0 Å². The molecule has 1 aliphatic heterocycles. The number of nitrogens with one attached hydrogen (secondary N) is 1. The van der Waals surface area contributed by atoms with E-state index in [-0.39, 0.29) is 26.1 Å². The highest BCUT2D eigenvalue weighted by molar-refractivity contribution is 7.92. The van der Waals surface area contributed by atoms with Gasteiger partial charge < -0.3 is 4.74 Å². The van der Waals surface area contributed by atoms with E-state index in [1.807, 2.05) is 12.1 Å². The van der Waals surface area contributed by atoms with Crippen LogP contribution in [0.15, 0.2) is 75.2 Å². The minimum absolute atomic E-state index is 0.0499. The first kappa shape index (κ1) is 27.7. The van der Waals surface area contributed by atoms with Crippen LogP contribution >= 0.6 is 22.9 Å². The highest BCUT2D eigenvalue weighted by Crippen LogP contribution is 2.32. The van der Waals surface area contributed by atoms with Gasteiger partial charge >= 0.3 is 4.87 Å². The van der Waals surface area contributed by atoms with Crippen molar-refractivity contribution in [3.05, 3.63) is 80.9 Å². The zero-order chi connectivity index (χ0) is 27.8. The van der Waals surface area contributed by atoms with Gasteiger partial charge in [0, 0.05) is 18.1 Å². The third-order valence-electron chi connectivity index (χ3n) is 6.55. The maximum absolute atomic E-state index is 13.3. The second-order valence-corrected chi connectivity index (χ2v) is 14.2. The molecule has 2 heterocycles. The summed E-state index contributed by atoms with van der Waals surface area (Å²) in [6.07, 6.45) is 2.50. The first-order chi connectivity index (χ1) is 18.6. The first-order valence-electron chi connectivity index (χ1n) is 12.2. The summed E-state index contributed by atoms with van der Waals surface area (Å²) in [6.45, 7) is 1.13. The van der Waals surface area contributed by atoms with Crippen LogP contribution in [0.1, 0.15) is 24.8 Å². The Morgan fingerprint density at radius 1 is 0.949 bits per heavy atom. The number of fused-ring (bicyclic) bond motifs is 1. The van der Waals surface area contributed by atoms with E-state index < -0.39 is 20.0 Å². The number of hydrogen-bond acceptors (Lipinski definition) is 7. The molecular weight excluding hydrogens is 582 g/mol. The molecule has 0 atom stereocenters. The van der Waals surface area contributed by atoms with Crippen LogP contribution in [-0.4, -0.2) is 45.9 Å². The average Bonchev–Trinajstić information content (AvgIpc) is 3.24. The van der Waals surface area contributed by atoms with Crippen LogP contribution in [0.5, 0.6) is 5.75 Å². The van der Waals surface area contributed by atoms with E-state index in [1.54, 1.807) is 22.8 Å². The minimum atomic E-state index is -4.10. The molecule has 0 amide bonds. The lowest BCUT2D eigenvalue weighted by Crippen LogP contribution is -2.35. The Morgan fingerprint density at radius 2 is 1.67 bits per heavy atom. The molecule has 4 aromatic rings. The fraction of sp³-hybridized carbons (Fsp3) is 0.269. The summed E-state index contributed by atoms with van der Waals surface area (Å²) in [5.74, 6) is 0.136. The highest BCUT2D eigenvalue weighted by atomic mass is 35.5. The summed E-state index contributed by atoms with van der Waals surface area (Å²) in [4.78, 5) is 12.3. The van der Waals surface area contributed by atoms with Crippen molar-refractivity contribution in [1.29, 1.82) is 0 Å². The minimum Gasteiger partial charge on any atom is -0.495 e. The van der Waals surface area contributed by atoms with Crippen LogP contribution in [0.2, 0.25) is 5.02 Å². The van der Waals surface area contributed by atoms with Crippen LogP contribution in [0.3, 0.4) is 0 Å². The third kappa shape index (κ3) is 5.71. The standard InChI is InChI=1S/C26H26ClN3O6S3/c1-36-23-12-9-20(15-25(23)39(34,35)29-13-3-2-4-14-29)28-38(32,33)21-10-11-22-24(16-21)37-26(31)30(22)17-18-5-7-19(27)8-6-18/h5-12,15-16,28H,2-4,13-14,17H2,1H3. The Hall–Kier alpha value is -2.90. The molecule has 0 bridgehead atoms. The fourth-order valence-corrected chi connectivity index (χ4v) is 8.44. The molecule has 1 N–H and O–H groups in total. The van der Waals surface area contributed by atoms with Crippen molar-refractivity contribution in [2.75, 3.05) is 24.9 Å². The van der Waals surface area contributed by atoms with Gasteiger partial charge in [-0.2, -0.15) is 4.31 Å². The number of thiazole rings is 1. The predicted molar refractivity (Wildman–Crippen MR) is 153 cm³/mol. The van der Waals surface area contributed by atoms with Gasteiger partial charge in [0.1, 0.15) is 10.6 Å². The van der Waals surface area contributed by atoms with Gasteiger partial charge in [0.2, 0.25) is 10.0 Å². The molecule has 1 aliphatic rings. The maximum atomic E-state index is 13.3. The number of halogens is 1. The Balaban J connectivity index is 1.44. The number of aromatic nitrogens is 1. The molecule has 0 aliphatic carbocycles. The molecule has 1 saturated heterocycles. The molecular formula is C26H26ClN3O6S3. The van der Waals surface area contributed by atoms with Gasteiger partial charge in [-0.15, -0.1) is 0 Å². The van der Waals surface area contributed by atoms with Crippen molar-refractivity contribution in [3.8, 4) is 5.75 Å². The average molecular weight is 608 g/mol. The fourth-order valence-electron chi connectivity index (χ4n) is 4.54. The van der Waals surface area contributed by atoms with Crippen LogP contribution < -0.4 is 14.3 Å².